The summed E-state index contributed by atoms with van der Waals surface area (Å²) in [5, 5.41) is 4.58. The number of nitrogens with one attached hydrogen (secondary N) is 1. The summed E-state index contributed by atoms with van der Waals surface area (Å²) in [7, 11) is 0. The average Bonchev–Trinajstić information content (AvgIpc) is 2.89. The van der Waals surface area contributed by atoms with Gasteiger partial charge in [0, 0.05) is 31.2 Å². The molecule has 0 spiro atoms. The molecule has 1 aromatic heterocycles. The van der Waals surface area contributed by atoms with Crippen LogP contribution in [0.2, 0.25) is 5.02 Å². The molecule has 5 nitrogen and oxygen atoms in total. The summed E-state index contributed by atoms with van der Waals surface area (Å²) in [6.45, 7) is 1.62. The Morgan fingerprint density at radius 3 is 3.00 bits per heavy atom. The van der Waals surface area contributed by atoms with E-state index in [9.17, 15) is 4.79 Å². The van der Waals surface area contributed by atoms with Crippen molar-refractivity contribution in [1.82, 2.24) is 10.3 Å². The van der Waals surface area contributed by atoms with Crippen molar-refractivity contribution in [2.75, 3.05) is 19.8 Å². The van der Waals surface area contributed by atoms with Gasteiger partial charge in [-0.3, -0.25) is 4.79 Å². The van der Waals surface area contributed by atoms with Crippen molar-refractivity contribution in [3.63, 3.8) is 0 Å². The molecule has 0 saturated carbocycles. The van der Waals surface area contributed by atoms with Crippen LogP contribution in [0.25, 0.3) is 10.2 Å². The number of nitrogens with zero attached hydrogens (tertiary/aromatic N) is 1. The number of hydrogen-bond acceptors (Lipinski definition) is 5. The molecule has 118 valence electrons. The van der Waals surface area contributed by atoms with Crippen molar-refractivity contribution in [3.05, 3.63) is 28.2 Å². The minimum Gasteiger partial charge on any atom is -0.381 e. The minimum atomic E-state index is -0.792. The third-order valence-corrected chi connectivity index (χ3v) is 5.19. The number of nitrogens with two attached hydrogens (primary N) is 1. The lowest BCUT2D eigenvalue weighted by molar-refractivity contribution is -0.129. The molecule has 2 heterocycles. The van der Waals surface area contributed by atoms with E-state index >= 15 is 0 Å². The second kappa shape index (κ2) is 6.50. The summed E-state index contributed by atoms with van der Waals surface area (Å²) in [6.07, 6.45) is 1.83. The number of thiazole rings is 1. The molecule has 1 aromatic carbocycles. The quantitative estimate of drug-likeness (QED) is 0.894. The Balaban J connectivity index is 1.56. The van der Waals surface area contributed by atoms with Gasteiger partial charge in [-0.15, -0.1) is 11.3 Å². The number of fused-ring (bicyclic) bond motifs is 1. The highest BCUT2D eigenvalue weighted by Crippen LogP contribution is 2.25. The fourth-order valence-electron chi connectivity index (χ4n) is 2.48. The Hall–Kier alpha value is -1.21. The maximum Gasteiger partial charge on any atom is 0.240 e. The summed E-state index contributed by atoms with van der Waals surface area (Å²) < 4.78 is 6.36. The van der Waals surface area contributed by atoms with Crippen LogP contribution in [0, 0.1) is 0 Å². The summed E-state index contributed by atoms with van der Waals surface area (Å²) in [6, 6.07) is 5.68. The number of ether oxygens (including phenoxy) is 1. The predicted octanol–water partition coefficient (Wildman–Crippen LogP) is 2.12. The average molecular weight is 340 g/mol. The number of amides is 1. The highest BCUT2D eigenvalue weighted by atomic mass is 35.5. The van der Waals surface area contributed by atoms with Crippen LogP contribution in [0.5, 0.6) is 0 Å². The predicted molar refractivity (Wildman–Crippen MR) is 88.3 cm³/mol. The number of aromatic nitrogens is 1. The fourth-order valence-corrected chi connectivity index (χ4v) is 3.59. The third kappa shape index (κ3) is 3.41. The van der Waals surface area contributed by atoms with Crippen LogP contribution in [-0.2, 0) is 16.0 Å². The molecule has 1 amide bonds. The fraction of sp³-hybridized carbons (Fsp3) is 0.467. The van der Waals surface area contributed by atoms with Crippen LogP contribution in [-0.4, -0.2) is 36.2 Å². The van der Waals surface area contributed by atoms with E-state index in [1.807, 2.05) is 18.2 Å². The maximum absolute atomic E-state index is 12.2. The molecule has 22 heavy (non-hydrogen) atoms. The van der Waals surface area contributed by atoms with Gasteiger partial charge in [0.05, 0.1) is 20.8 Å². The molecule has 1 fully saturated rings. The largest absolute Gasteiger partial charge is 0.381 e. The van der Waals surface area contributed by atoms with Crippen molar-refractivity contribution >= 4 is 39.1 Å². The second-order valence-electron chi connectivity index (χ2n) is 5.49. The molecule has 2 aromatic rings. The summed E-state index contributed by atoms with van der Waals surface area (Å²) in [5.41, 5.74) is 6.25. The first kappa shape index (κ1) is 15.7. The topological polar surface area (TPSA) is 77.2 Å². The minimum absolute atomic E-state index is 0.0973. The zero-order valence-corrected chi connectivity index (χ0v) is 13.7. The molecule has 0 atom stereocenters. The molecular formula is C15H18ClN3O2S. The SMILES string of the molecule is NC1(C(=O)NCCc2nc3cc(Cl)ccc3s2)CCOCC1. The Morgan fingerprint density at radius 1 is 1.45 bits per heavy atom. The normalized spacial score (nSPS) is 17.5. The Kier molecular flexibility index (Phi) is 4.63. The van der Waals surface area contributed by atoms with Gasteiger partial charge in [-0.05, 0) is 31.0 Å². The molecule has 0 aliphatic carbocycles. The lowest BCUT2D eigenvalue weighted by Gasteiger charge is -2.31. The number of benzene rings is 1. The molecule has 7 heteroatoms. The van der Waals surface area contributed by atoms with Gasteiger partial charge in [0.2, 0.25) is 5.91 Å². The molecular weight excluding hydrogens is 322 g/mol. The van der Waals surface area contributed by atoms with Gasteiger partial charge in [0.15, 0.2) is 0 Å². The molecule has 0 unspecified atom stereocenters. The lowest BCUT2D eigenvalue weighted by atomic mass is 9.90. The third-order valence-electron chi connectivity index (χ3n) is 3.86. The van der Waals surface area contributed by atoms with Gasteiger partial charge >= 0.3 is 0 Å². The van der Waals surface area contributed by atoms with Gasteiger partial charge in [-0.1, -0.05) is 11.6 Å². The molecule has 3 rings (SSSR count). The Morgan fingerprint density at radius 2 is 2.23 bits per heavy atom. The van der Waals surface area contributed by atoms with Crippen LogP contribution >= 0.6 is 22.9 Å². The van der Waals surface area contributed by atoms with Crippen molar-refractivity contribution in [2.24, 2.45) is 5.73 Å². The molecule has 3 N–H and O–H groups in total. The Bertz CT molecular complexity index is 682. The first-order valence-corrected chi connectivity index (χ1v) is 8.46. The number of rotatable bonds is 4. The van der Waals surface area contributed by atoms with E-state index in [-0.39, 0.29) is 5.91 Å². The van der Waals surface area contributed by atoms with E-state index in [1.165, 1.54) is 0 Å². The first-order chi connectivity index (χ1) is 10.6. The molecule has 1 aliphatic heterocycles. The van der Waals surface area contributed by atoms with E-state index in [4.69, 9.17) is 22.1 Å². The van der Waals surface area contributed by atoms with E-state index in [0.717, 1.165) is 15.2 Å². The van der Waals surface area contributed by atoms with E-state index in [1.54, 1.807) is 11.3 Å². The van der Waals surface area contributed by atoms with Gasteiger partial charge in [0.1, 0.15) is 0 Å². The standard InChI is InChI=1S/C15H18ClN3O2S/c16-10-1-2-12-11(9-10)19-13(22-12)3-6-18-14(20)15(17)4-7-21-8-5-15/h1-2,9H,3-8,17H2,(H,18,20). The lowest BCUT2D eigenvalue weighted by Crippen LogP contribution is -2.57. The molecule has 1 aliphatic rings. The van der Waals surface area contributed by atoms with Crippen molar-refractivity contribution in [2.45, 2.75) is 24.8 Å². The highest BCUT2D eigenvalue weighted by Gasteiger charge is 2.35. The number of hydrogen-bond donors (Lipinski definition) is 2. The monoisotopic (exact) mass is 339 g/mol. The molecule has 1 saturated heterocycles. The molecule has 0 bridgehead atoms. The van der Waals surface area contributed by atoms with Crippen LogP contribution in [0.4, 0.5) is 0 Å². The van der Waals surface area contributed by atoms with Crippen LogP contribution < -0.4 is 11.1 Å². The number of carbonyl (C=O) groups excluding carboxylic acids is 1. The summed E-state index contributed by atoms with van der Waals surface area (Å²) in [4.78, 5) is 16.7. The van der Waals surface area contributed by atoms with Crippen molar-refractivity contribution in [1.29, 1.82) is 0 Å². The maximum atomic E-state index is 12.2. The van der Waals surface area contributed by atoms with E-state index in [0.29, 0.717) is 44.0 Å². The number of carbonyl (C=O) groups is 1. The van der Waals surface area contributed by atoms with Crippen molar-refractivity contribution < 1.29 is 9.53 Å². The summed E-state index contributed by atoms with van der Waals surface area (Å²) >= 11 is 7.58. The summed E-state index contributed by atoms with van der Waals surface area (Å²) in [5.74, 6) is -0.0973. The van der Waals surface area contributed by atoms with Crippen LogP contribution in [0.15, 0.2) is 18.2 Å². The van der Waals surface area contributed by atoms with Crippen molar-refractivity contribution in [3.8, 4) is 0 Å². The van der Waals surface area contributed by atoms with Gasteiger partial charge in [-0.25, -0.2) is 4.98 Å². The highest BCUT2D eigenvalue weighted by molar-refractivity contribution is 7.18. The zero-order valence-electron chi connectivity index (χ0n) is 12.1. The first-order valence-electron chi connectivity index (χ1n) is 7.27. The van der Waals surface area contributed by atoms with E-state index in [2.05, 4.69) is 10.3 Å². The smallest absolute Gasteiger partial charge is 0.240 e. The van der Waals surface area contributed by atoms with Gasteiger partial charge < -0.3 is 15.8 Å². The van der Waals surface area contributed by atoms with Gasteiger partial charge in [-0.2, -0.15) is 0 Å². The van der Waals surface area contributed by atoms with E-state index < -0.39 is 5.54 Å². The zero-order chi connectivity index (χ0) is 15.6. The second-order valence-corrected chi connectivity index (χ2v) is 7.05. The Labute approximate surface area is 137 Å². The van der Waals surface area contributed by atoms with Crippen LogP contribution in [0.3, 0.4) is 0 Å². The van der Waals surface area contributed by atoms with Crippen LogP contribution in [0.1, 0.15) is 17.8 Å². The molecule has 0 radical (unpaired) electrons. The number of halogens is 1. The van der Waals surface area contributed by atoms with Gasteiger partial charge in [0.25, 0.3) is 0 Å².